The van der Waals surface area contributed by atoms with Gasteiger partial charge >= 0.3 is 0 Å². The molecule has 0 amide bonds. The highest BCUT2D eigenvalue weighted by Crippen LogP contribution is 2.21. The highest BCUT2D eigenvalue weighted by atomic mass is 127. The third-order valence-corrected chi connectivity index (χ3v) is 2.93. The minimum Gasteiger partial charge on any atom is -0.352 e. The Labute approximate surface area is 89.5 Å². The van der Waals surface area contributed by atoms with Crippen LogP contribution in [-0.2, 0) is 0 Å². The number of halogens is 1. The molecule has 0 fully saturated rings. The monoisotopic (exact) mass is 285 g/mol. The maximum Gasteiger partial charge on any atom is 0.175 e. The van der Waals surface area contributed by atoms with E-state index in [0.717, 1.165) is 10.9 Å². The highest BCUT2D eigenvalue weighted by molar-refractivity contribution is 14.1. The first kappa shape index (κ1) is 8.74. The zero-order chi connectivity index (χ0) is 9.42. The summed E-state index contributed by atoms with van der Waals surface area (Å²) in [4.78, 5) is 14.2. The molecule has 13 heavy (non-hydrogen) atoms. The molecule has 0 unspecified atom stereocenters. The zero-order valence-electron chi connectivity index (χ0n) is 7.10. The minimum atomic E-state index is 0.0759. The first-order valence-electron chi connectivity index (χ1n) is 3.96. The molecule has 0 atom stereocenters. The van der Waals surface area contributed by atoms with Crippen LogP contribution in [0.15, 0.2) is 24.3 Å². The van der Waals surface area contributed by atoms with Crippen LogP contribution in [0, 0.1) is 3.57 Å². The number of hydrogen-bond donors (Lipinski definition) is 1. The number of H-pyrrole nitrogens is 1. The van der Waals surface area contributed by atoms with Gasteiger partial charge in [0.2, 0.25) is 0 Å². The second-order valence-corrected chi connectivity index (χ2v) is 4.10. The number of fused-ring (bicyclic) bond motifs is 1. The van der Waals surface area contributed by atoms with E-state index in [2.05, 4.69) is 27.6 Å². The number of aromatic nitrogens is 1. The summed E-state index contributed by atoms with van der Waals surface area (Å²) in [6.07, 6.45) is 0. The molecule has 2 aromatic rings. The summed E-state index contributed by atoms with van der Waals surface area (Å²) in [5.41, 5.74) is 1.70. The number of carbonyl (C=O) groups excluding carboxylic acids is 1. The molecule has 1 aromatic carbocycles. The lowest BCUT2D eigenvalue weighted by Gasteiger charge is -1.90. The molecule has 2 rings (SSSR count). The predicted molar refractivity (Wildman–Crippen MR) is 61.0 cm³/mol. The van der Waals surface area contributed by atoms with Gasteiger partial charge in [0.15, 0.2) is 5.78 Å². The van der Waals surface area contributed by atoms with Crippen molar-refractivity contribution < 1.29 is 4.79 Å². The molecule has 0 aliphatic heterocycles. The van der Waals surface area contributed by atoms with Crippen molar-refractivity contribution in [2.24, 2.45) is 0 Å². The smallest absolute Gasteiger partial charge is 0.175 e. The van der Waals surface area contributed by atoms with Crippen molar-refractivity contribution >= 4 is 39.3 Å². The summed E-state index contributed by atoms with van der Waals surface area (Å²) in [6, 6.07) is 7.88. The molecule has 3 heteroatoms. The summed E-state index contributed by atoms with van der Waals surface area (Å²) in [7, 11) is 0. The molecule has 0 bridgehead atoms. The molecular formula is C10H8INO. The largest absolute Gasteiger partial charge is 0.352 e. The second kappa shape index (κ2) is 3.14. The number of nitrogens with one attached hydrogen (secondary N) is 1. The van der Waals surface area contributed by atoms with Gasteiger partial charge in [-0.3, -0.25) is 4.79 Å². The number of hydrogen-bond acceptors (Lipinski definition) is 1. The van der Waals surface area contributed by atoms with Crippen molar-refractivity contribution in [3.63, 3.8) is 0 Å². The van der Waals surface area contributed by atoms with Crippen LogP contribution in [0.3, 0.4) is 0 Å². The van der Waals surface area contributed by atoms with Crippen LogP contribution in [0.4, 0.5) is 0 Å². The standard InChI is InChI=1S/C10H8INO/c1-6(13)10-5-7-8(11)3-2-4-9(7)12-10/h2-5,12H,1H3. The van der Waals surface area contributed by atoms with Crippen LogP contribution in [-0.4, -0.2) is 10.8 Å². The van der Waals surface area contributed by atoms with Crippen LogP contribution < -0.4 is 0 Å². The zero-order valence-corrected chi connectivity index (χ0v) is 9.25. The molecule has 1 aromatic heterocycles. The molecule has 0 saturated heterocycles. The number of ketones is 1. The fourth-order valence-corrected chi connectivity index (χ4v) is 1.96. The van der Waals surface area contributed by atoms with Gasteiger partial charge in [0.05, 0.1) is 5.69 Å². The van der Waals surface area contributed by atoms with E-state index in [0.29, 0.717) is 5.69 Å². The Hall–Kier alpha value is -0.840. The lowest BCUT2D eigenvalue weighted by molar-refractivity contribution is 0.101. The summed E-state index contributed by atoms with van der Waals surface area (Å²) < 4.78 is 1.17. The lowest BCUT2D eigenvalue weighted by atomic mass is 10.2. The topological polar surface area (TPSA) is 32.9 Å². The molecule has 1 heterocycles. The highest BCUT2D eigenvalue weighted by Gasteiger charge is 2.05. The van der Waals surface area contributed by atoms with Crippen molar-refractivity contribution in [3.05, 3.63) is 33.5 Å². The van der Waals surface area contributed by atoms with E-state index in [9.17, 15) is 4.79 Å². The minimum absolute atomic E-state index is 0.0759. The van der Waals surface area contributed by atoms with Crippen molar-refractivity contribution in [1.82, 2.24) is 4.98 Å². The molecule has 2 nitrogen and oxygen atoms in total. The first-order valence-corrected chi connectivity index (χ1v) is 5.04. The van der Waals surface area contributed by atoms with Gasteiger partial charge in [-0.1, -0.05) is 6.07 Å². The summed E-state index contributed by atoms with van der Waals surface area (Å²) in [5, 5.41) is 1.12. The van der Waals surface area contributed by atoms with Crippen LogP contribution in [0.1, 0.15) is 17.4 Å². The number of aromatic amines is 1. The SMILES string of the molecule is CC(=O)c1cc2c(I)cccc2[nH]1. The Morgan fingerprint density at radius 2 is 2.23 bits per heavy atom. The average molecular weight is 285 g/mol. The summed E-state index contributed by atoms with van der Waals surface area (Å²) >= 11 is 2.26. The summed E-state index contributed by atoms with van der Waals surface area (Å²) in [5.74, 6) is 0.0759. The molecule has 0 aliphatic rings. The van der Waals surface area contributed by atoms with Gasteiger partial charge in [-0.2, -0.15) is 0 Å². The molecule has 0 aliphatic carbocycles. The quantitative estimate of drug-likeness (QED) is 0.634. The molecule has 0 spiro atoms. The van der Waals surface area contributed by atoms with Crippen LogP contribution in [0.25, 0.3) is 10.9 Å². The molecular weight excluding hydrogens is 277 g/mol. The van der Waals surface area contributed by atoms with Crippen molar-refractivity contribution in [2.45, 2.75) is 6.92 Å². The van der Waals surface area contributed by atoms with Crippen molar-refractivity contribution in [1.29, 1.82) is 0 Å². The van der Waals surface area contributed by atoms with E-state index in [1.165, 1.54) is 3.57 Å². The van der Waals surface area contributed by atoms with Crippen LogP contribution >= 0.6 is 22.6 Å². The maximum atomic E-state index is 11.1. The Balaban J connectivity index is 2.75. The first-order chi connectivity index (χ1) is 6.18. The predicted octanol–water partition coefficient (Wildman–Crippen LogP) is 2.98. The van der Waals surface area contributed by atoms with Gasteiger partial charge in [0.1, 0.15) is 0 Å². The third-order valence-electron chi connectivity index (χ3n) is 1.99. The number of benzene rings is 1. The lowest BCUT2D eigenvalue weighted by Crippen LogP contribution is -1.89. The fourth-order valence-electron chi connectivity index (χ4n) is 1.31. The van der Waals surface area contributed by atoms with E-state index < -0.39 is 0 Å². The number of carbonyl (C=O) groups is 1. The Kier molecular flexibility index (Phi) is 2.11. The molecule has 0 saturated carbocycles. The molecule has 66 valence electrons. The van der Waals surface area contributed by atoms with E-state index in [4.69, 9.17) is 0 Å². The third kappa shape index (κ3) is 1.48. The van der Waals surface area contributed by atoms with E-state index in [1.807, 2.05) is 24.3 Å². The Morgan fingerprint density at radius 3 is 2.85 bits per heavy atom. The average Bonchev–Trinajstić information content (AvgIpc) is 2.49. The Morgan fingerprint density at radius 1 is 1.46 bits per heavy atom. The fraction of sp³-hybridized carbons (Fsp3) is 0.100. The number of rotatable bonds is 1. The van der Waals surface area contributed by atoms with Crippen LogP contribution in [0.2, 0.25) is 0 Å². The van der Waals surface area contributed by atoms with Gasteiger partial charge in [0.25, 0.3) is 0 Å². The summed E-state index contributed by atoms with van der Waals surface area (Å²) in [6.45, 7) is 1.57. The van der Waals surface area contributed by atoms with Crippen molar-refractivity contribution in [3.8, 4) is 0 Å². The van der Waals surface area contributed by atoms with Gasteiger partial charge in [0, 0.05) is 21.4 Å². The van der Waals surface area contributed by atoms with Gasteiger partial charge in [-0.05, 0) is 40.8 Å². The van der Waals surface area contributed by atoms with E-state index in [1.54, 1.807) is 6.92 Å². The normalized spacial score (nSPS) is 10.6. The van der Waals surface area contributed by atoms with E-state index in [-0.39, 0.29) is 5.78 Å². The van der Waals surface area contributed by atoms with Gasteiger partial charge in [-0.25, -0.2) is 0 Å². The second-order valence-electron chi connectivity index (χ2n) is 2.94. The molecule has 0 radical (unpaired) electrons. The Bertz CT molecular complexity index is 473. The van der Waals surface area contributed by atoms with E-state index >= 15 is 0 Å². The van der Waals surface area contributed by atoms with Gasteiger partial charge < -0.3 is 4.98 Å². The maximum absolute atomic E-state index is 11.1. The molecule has 1 N–H and O–H groups in total. The van der Waals surface area contributed by atoms with Gasteiger partial charge in [-0.15, -0.1) is 0 Å². The van der Waals surface area contributed by atoms with Crippen molar-refractivity contribution in [2.75, 3.05) is 0 Å². The number of Topliss-reactive ketones (excluding diaryl/α,β-unsaturated/α-hetero) is 1. The van der Waals surface area contributed by atoms with Crippen LogP contribution in [0.5, 0.6) is 0 Å².